The van der Waals surface area contributed by atoms with Crippen LogP contribution in [0.2, 0.25) is 0 Å². The fourth-order valence-corrected chi connectivity index (χ4v) is 8.17. The zero-order chi connectivity index (χ0) is 29.9. The monoisotopic (exact) mass is 606 g/mol. The molecule has 2 aromatic rings. The minimum absolute atomic E-state index is 0.0362. The van der Waals surface area contributed by atoms with Crippen molar-refractivity contribution < 1.29 is 36.2 Å². The Morgan fingerprint density at radius 3 is 2.44 bits per heavy atom. The van der Waals surface area contributed by atoms with Gasteiger partial charge < -0.3 is 15.1 Å². The quantitative estimate of drug-likeness (QED) is 0.435. The van der Waals surface area contributed by atoms with E-state index in [2.05, 4.69) is 9.12 Å². The summed E-state index contributed by atoms with van der Waals surface area (Å²) in [6.07, 6.45) is -0.471. The Balaban J connectivity index is 1.50. The predicted octanol–water partition coefficient (Wildman–Crippen LogP) is 1.99. The smallest absolute Gasteiger partial charge is 0.283 e. The summed E-state index contributed by atoms with van der Waals surface area (Å²) in [6, 6.07) is 9.18. The number of nitrogens with zero attached hydrogens (tertiary/aromatic N) is 3. The van der Waals surface area contributed by atoms with Gasteiger partial charge in [-0.1, -0.05) is 51.1 Å². The van der Waals surface area contributed by atoms with Crippen LogP contribution in [0.1, 0.15) is 43.9 Å². The molecule has 1 saturated heterocycles. The highest BCUT2D eigenvalue weighted by Crippen LogP contribution is 2.41. The van der Waals surface area contributed by atoms with Crippen molar-refractivity contribution in [3.05, 3.63) is 76.3 Å². The largest absolute Gasteiger partial charge is 0.509 e. The van der Waals surface area contributed by atoms with Crippen molar-refractivity contribution in [2.75, 3.05) is 13.1 Å². The van der Waals surface area contributed by atoms with Gasteiger partial charge in [0, 0.05) is 31.7 Å². The van der Waals surface area contributed by atoms with Gasteiger partial charge in [-0.05, 0) is 35.1 Å². The molecule has 2 atom stereocenters. The van der Waals surface area contributed by atoms with Crippen LogP contribution in [0, 0.1) is 11.2 Å². The van der Waals surface area contributed by atoms with E-state index in [0.717, 1.165) is 4.31 Å². The molecule has 1 fully saturated rings. The van der Waals surface area contributed by atoms with Crippen molar-refractivity contribution >= 4 is 31.9 Å². The molecular formula is C27H31FN4O7S2. The summed E-state index contributed by atoms with van der Waals surface area (Å²) >= 11 is 0. The summed E-state index contributed by atoms with van der Waals surface area (Å²) in [5.41, 5.74) is -0.324. The maximum Gasteiger partial charge on any atom is 0.283 e. The summed E-state index contributed by atoms with van der Waals surface area (Å²) in [4.78, 5) is 15.0. The van der Waals surface area contributed by atoms with Crippen LogP contribution in [0.4, 0.5) is 4.39 Å². The van der Waals surface area contributed by atoms with Crippen LogP contribution in [0.25, 0.3) is 0 Å². The third-order valence-corrected chi connectivity index (χ3v) is 10.3. The molecule has 3 aliphatic heterocycles. The zero-order valence-electron chi connectivity index (χ0n) is 22.7. The third-order valence-electron chi connectivity index (χ3n) is 7.36. The number of nitrogens with one attached hydrogen (secondary N) is 1. The highest BCUT2D eigenvalue weighted by Gasteiger charge is 2.49. The lowest BCUT2D eigenvalue weighted by Gasteiger charge is -2.35. The molecule has 0 unspecified atom stereocenters. The number of carbonyl (C=O) groups is 1. The SMILES string of the molecule is CC(C)(C)[C@H]1C(O)=C(C2=NS(=O)(=O)c3c(CNS(=O)(=O)N4CC[C@H](O)C4)cccc32)C(=O)N1Cc1ccc(F)cc1. The van der Waals surface area contributed by atoms with E-state index in [4.69, 9.17) is 0 Å². The van der Waals surface area contributed by atoms with E-state index < -0.39 is 49.5 Å². The second-order valence-electron chi connectivity index (χ2n) is 11.4. The maximum absolute atomic E-state index is 13.8. The first-order valence-electron chi connectivity index (χ1n) is 13.0. The number of aliphatic hydroxyl groups is 2. The first-order chi connectivity index (χ1) is 19.1. The predicted molar refractivity (Wildman–Crippen MR) is 148 cm³/mol. The molecule has 0 spiro atoms. The standard InChI is InChI=1S/C27H31FN4O7S2/c1-27(2,3)25-23(34)21(26(35)32(25)14-16-7-9-18(28)10-8-16)22-20-6-4-5-17(24(20)40(36,37)30-22)13-29-41(38,39)31-12-11-19(33)15-31/h4-10,19,25,29,33-34H,11-15H2,1-3H3/t19-,25+/m0/s1. The van der Waals surface area contributed by atoms with Gasteiger partial charge in [0.15, 0.2) is 0 Å². The number of carbonyl (C=O) groups excluding carboxylic acids is 1. The lowest BCUT2D eigenvalue weighted by Crippen LogP contribution is -2.43. The number of hydrogen-bond donors (Lipinski definition) is 3. The Labute approximate surface area is 238 Å². The number of halogens is 1. The Morgan fingerprint density at radius 2 is 1.83 bits per heavy atom. The normalized spacial score (nSPS) is 22.9. The molecule has 0 aromatic heterocycles. The van der Waals surface area contributed by atoms with Crippen LogP contribution in [0.5, 0.6) is 0 Å². The second-order valence-corrected chi connectivity index (χ2v) is 14.7. The van der Waals surface area contributed by atoms with Crippen molar-refractivity contribution in [3.63, 3.8) is 0 Å². The van der Waals surface area contributed by atoms with E-state index in [-0.39, 0.29) is 59.2 Å². The van der Waals surface area contributed by atoms with Crippen LogP contribution >= 0.6 is 0 Å². The molecule has 0 aliphatic carbocycles. The maximum atomic E-state index is 13.8. The van der Waals surface area contributed by atoms with Gasteiger partial charge in [0.1, 0.15) is 27.8 Å². The molecule has 0 saturated carbocycles. The fourth-order valence-electron chi connectivity index (χ4n) is 5.50. The van der Waals surface area contributed by atoms with Crippen LogP contribution in [-0.4, -0.2) is 73.1 Å². The molecule has 0 bridgehead atoms. The molecule has 2 aromatic carbocycles. The van der Waals surface area contributed by atoms with Crippen LogP contribution in [0.3, 0.4) is 0 Å². The summed E-state index contributed by atoms with van der Waals surface area (Å²) in [5, 5.41) is 21.1. The highest BCUT2D eigenvalue weighted by atomic mass is 32.2. The number of hydrogen-bond acceptors (Lipinski definition) is 7. The topological polar surface area (TPSA) is 157 Å². The van der Waals surface area contributed by atoms with Crippen molar-refractivity contribution in [1.82, 2.24) is 13.9 Å². The van der Waals surface area contributed by atoms with Gasteiger partial charge in [-0.2, -0.15) is 30.3 Å². The van der Waals surface area contributed by atoms with E-state index in [1.165, 1.54) is 47.4 Å². The van der Waals surface area contributed by atoms with E-state index in [1.807, 2.05) is 20.8 Å². The number of fused-ring (bicyclic) bond motifs is 1. The molecule has 3 N–H and O–H groups in total. The Kier molecular flexibility index (Phi) is 7.35. The molecule has 220 valence electrons. The zero-order valence-corrected chi connectivity index (χ0v) is 24.3. The Hall–Kier alpha value is -3.17. The van der Waals surface area contributed by atoms with Crippen LogP contribution < -0.4 is 4.72 Å². The van der Waals surface area contributed by atoms with Crippen molar-refractivity contribution in [2.24, 2.45) is 9.81 Å². The summed E-state index contributed by atoms with van der Waals surface area (Å²) < 4.78 is 72.8. The van der Waals surface area contributed by atoms with Gasteiger partial charge in [-0.15, -0.1) is 0 Å². The third kappa shape index (κ3) is 5.42. The first-order valence-corrected chi connectivity index (χ1v) is 15.9. The highest BCUT2D eigenvalue weighted by molar-refractivity contribution is 7.91. The lowest BCUT2D eigenvalue weighted by molar-refractivity contribution is -0.129. The Bertz CT molecular complexity index is 1680. The van der Waals surface area contributed by atoms with Gasteiger partial charge in [-0.3, -0.25) is 4.79 Å². The molecule has 11 nitrogen and oxygen atoms in total. The van der Waals surface area contributed by atoms with Crippen LogP contribution in [0.15, 0.2) is 63.1 Å². The summed E-state index contributed by atoms with van der Waals surface area (Å²) in [5.74, 6) is -1.40. The first kappa shape index (κ1) is 29.3. The Morgan fingerprint density at radius 1 is 1.15 bits per heavy atom. The van der Waals surface area contributed by atoms with Crippen molar-refractivity contribution in [2.45, 2.75) is 57.3 Å². The van der Waals surface area contributed by atoms with Gasteiger partial charge in [-0.25, -0.2) is 4.39 Å². The minimum atomic E-state index is -4.36. The van der Waals surface area contributed by atoms with E-state index >= 15 is 0 Å². The minimum Gasteiger partial charge on any atom is -0.509 e. The van der Waals surface area contributed by atoms with Crippen molar-refractivity contribution in [1.29, 1.82) is 0 Å². The van der Waals surface area contributed by atoms with Gasteiger partial charge in [0.05, 0.1) is 12.1 Å². The molecule has 1 amide bonds. The van der Waals surface area contributed by atoms with E-state index in [9.17, 15) is 36.2 Å². The average Bonchev–Trinajstić information content (AvgIpc) is 3.51. The molecule has 14 heteroatoms. The number of benzene rings is 2. The number of sulfonamides is 1. The molecule has 3 heterocycles. The summed E-state index contributed by atoms with van der Waals surface area (Å²) in [7, 11) is -8.36. The molecule has 5 rings (SSSR count). The number of amides is 1. The molecule has 3 aliphatic rings. The fraction of sp³-hybridized carbons (Fsp3) is 0.407. The molecular weight excluding hydrogens is 575 g/mol. The van der Waals surface area contributed by atoms with Crippen molar-refractivity contribution in [3.8, 4) is 0 Å². The lowest BCUT2D eigenvalue weighted by atomic mass is 9.84. The molecule has 0 radical (unpaired) electrons. The van der Waals surface area contributed by atoms with Gasteiger partial charge >= 0.3 is 0 Å². The van der Waals surface area contributed by atoms with Gasteiger partial charge in [0.25, 0.3) is 26.1 Å². The van der Waals surface area contributed by atoms with E-state index in [0.29, 0.717) is 12.0 Å². The van der Waals surface area contributed by atoms with E-state index in [1.54, 1.807) is 0 Å². The average molecular weight is 607 g/mol. The summed E-state index contributed by atoms with van der Waals surface area (Å²) in [6.45, 7) is 5.21. The molecule has 41 heavy (non-hydrogen) atoms. The number of β-amino-alcohol motifs (C(OH)–C–C–N with tert-alkyl or cyclic N) is 1. The number of aliphatic hydroxyl groups excluding tert-OH is 2. The van der Waals surface area contributed by atoms with Crippen LogP contribution in [-0.2, 0) is 38.1 Å². The second kappa shape index (κ2) is 10.3. The number of rotatable bonds is 7. The van der Waals surface area contributed by atoms with Gasteiger partial charge in [0.2, 0.25) is 0 Å².